The lowest BCUT2D eigenvalue weighted by molar-refractivity contribution is -0.114. The van der Waals surface area contributed by atoms with Crippen molar-refractivity contribution in [3.8, 4) is 0 Å². The Morgan fingerprint density at radius 2 is 2.04 bits per heavy atom. The third-order valence-corrected chi connectivity index (χ3v) is 5.13. The molecule has 4 nitrogen and oxygen atoms in total. The Balaban J connectivity index is 1.40. The van der Waals surface area contributed by atoms with Crippen molar-refractivity contribution in [2.45, 2.75) is 24.2 Å². The van der Waals surface area contributed by atoms with Crippen LogP contribution in [0.5, 0.6) is 0 Å². The molecule has 0 saturated heterocycles. The van der Waals surface area contributed by atoms with E-state index in [0.29, 0.717) is 5.75 Å². The molecule has 23 heavy (non-hydrogen) atoms. The number of aryl methyl sites for hydroxylation is 2. The van der Waals surface area contributed by atoms with Gasteiger partial charge in [0.2, 0.25) is 5.91 Å². The van der Waals surface area contributed by atoms with E-state index in [2.05, 4.69) is 28.6 Å². The van der Waals surface area contributed by atoms with Crippen LogP contribution in [0.2, 0.25) is 0 Å². The van der Waals surface area contributed by atoms with Crippen LogP contribution in [-0.2, 0) is 17.6 Å². The van der Waals surface area contributed by atoms with Crippen LogP contribution < -0.4 is 5.43 Å². The van der Waals surface area contributed by atoms with Gasteiger partial charge in [-0.25, -0.2) is 9.66 Å². The summed E-state index contributed by atoms with van der Waals surface area (Å²) < 4.78 is 1.68. The molecular formula is C18H17N3OS. The van der Waals surface area contributed by atoms with Gasteiger partial charge < -0.3 is 0 Å². The van der Waals surface area contributed by atoms with Crippen molar-refractivity contribution in [2.75, 3.05) is 11.2 Å². The number of rotatable bonds is 4. The zero-order chi connectivity index (χ0) is 15.6. The number of amides is 1. The Labute approximate surface area is 138 Å². The number of thioether (sulfide) groups is 1. The van der Waals surface area contributed by atoms with Gasteiger partial charge in [0.05, 0.1) is 16.8 Å². The lowest BCUT2D eigenvalue weighted by Gasteiger charge is -2.08. The SMILES string of the molecule is O=C(CSc1ccc2c(c1)CCC2)Nn1cnc2ccccc21. The van der Waals surface area contributed by atoms with E-state index in [1.807, 2.05) is 24.3 Å². The van der Waals surface area contributed by atoms with Gasteiger partial charge in [-0.15, -0.1) is 11.8 Å². The fourth-order valence-electron chi connectivity index (χ4n) is 3.00. The number of nitrogens with one attached hydrogen (secondary N) is 1. The van der Waals surface area contributed by atoms with Crippen molar-refractivity contribution < 1.29 is 4.79 Å². The van der Waals surface area contributed by atoms with E-state index in [1.165, 1.54) is 24.0 Å². The van der Waals surface area contributed by atoms with Crippen molar-refractivity contribution in [3.63, 3.8) is 0 Å². The summed E-state index contributed by atoms with van der Waals surface area (Å²) in [5, 5.41) is 0. The third kappa shape index (κ3) is 2.97. The lowest BCUT2D eigenvalue weighted by atomic mass is 10.1. The van der Waals surface area contributed by atoms with Gasteiger partial charge in [-0.05, 0) is 54.7 Å². The quantitative estimate of drug-likeness (QED) is 0.749. The molecule has 0 radical (unpaired) electrons. The first kappa shape index (κ1) is 14.3. The van der Waals surface area contributed by atoms with Crippen LogP contribution in [0.3, 0.4) is 0 Å². The molecule has 1 amide bonds. The van der Waals surface area contributed by atoms with Crippen molar-refractivity contribution >= 4 is 28.7 Å². The summed E-state index contributed by atoms with van der Waals surface area (Å²) >= 11 is 1.58. The zero-order valence-corrected chi connectivity index (χ0v) is 13.5. The summed E-state index contributed by atoms with van der Waals surface area (Å²) in [6, 6.07) is 14.3. The lowest BCUT2D eigenvalue weighted by Crippen LogP contribution is -2.23. The summed E-state index contributed by atoms with van der Waals surface area (Å²) in [7, 11) is 0. The highest BCUT2D eigenvalue weighted by molar-refractivity contribution is 8.00. The van der Waals surface area contributed by atoms with Gasteiger partial charge in [0.15, 0.2) is 0 Å². The zero-order valence-electron chi connectivity index (χ0n) is 12.7. The Hall–Kier alpha value is -2.27. The van der Waals surface area contributed by atoms with E-state index in [1.54, 1.807) is 22.8 Å². The predicted molar refractivity (Wildman–Crippen MR) is 93.3 cm³/mol. The number of benzene rings is 2. The average molecular weight is 323 g/mol. The van der Waals surface area contributed by atoms with E-state index in [9.17, 15) is 4.79 Å². The highest BCUT2D eigenvalue weighted by Crippen LogP contribution is 2.27. The van der Waals surface area contributed by atoms with E-state index in [4.69, 9.17) is 0 Å². The Kier molecular flexibility index (Phi) is 3.79. The van der Waals surface area contributed by atoms with Crippen molar-refractivity contribution in [3.05, 3.63) is 59.9 Å². The Bertz CT molecular complexity index is 872. The molecule has 1 heterocycles. The van der Waals surface area contributed by atoms with Crippen molar-refractivity contribution in [2.24, 2.45) is 0 Å². The van der Waals surface area contributed by atoms with Gasteiger partial charge in [0.25, 0.3) is 0 Å². The maximum atomic E-state index is 12.2. The first-order valence-corrected chi connectivity index (χ1v) is 8.75. The van der Waals surface area contributed by atoms with Gasteiger partial charge >= 0.3 is 0 Å². The predicted octanol–water partition coefficient (Wildman–Crippen LogP) is 3.39. The van der Waals surface area contributed by atoms with Gasteiger partial charge in [-0.3, -0.25) is 10.2 Å². The second-order valence-corrected chi connectivity index (χ2v) is 6.76. The number of fused-ring (bicyclic) bond motifs is 2. The van der Waals surface area contributed by atoms with E-state index in [-0.39, 0.29) is 5.91 Å². The molecule has 3 aromatic rings. The third-order valence-electron chi connectivity index (χ3n) is 4.14. The fraction of sp³-hybridized carbons (Fsp3) is 0.222. The van der Waals surface area contributed by atoms with Gasteiger partial charge in [0.1, 0.15) is 6.33 Å². The topological polar surface area (TPSA) is 46.9 Å². The molecule has 1 aromatic heterocycles. The number of aromatic nitrogens is 2. The largest absolute Gasteiger partial charge is 0.272 e. The second kappa shape index (κ2) is 6.08. The summed E-state index contributed by atoms with van der Waals surface area (Å²) in [5.41, 5.74) is 7.56. The molecule has 1 aliphatic carbocycles. The highest BCUT2D eigenvalue weighted by atomic mass is 32.2. The smallest absolute Gasteiger partial charge is 0.249 e. The Morgan fingerprint density at radius 3 is 3.00 bits per heavy atom. The van der Waals surface area contributed by atoms with Gasteiger partial charge in [0, 0.05) is 4.90 Å². The van der Waals surface area contributed by atoms with Gasteiger partial charge in [-0.1, -0.05) is 18.2 Å². The normalized spacial score (nSPS) is 13.2. The first-order valence-electron chi connectivity index (χ1n) is 7.76. The summed E-state index contributed by atoms with van der Waals surface area (Å²) in [6.45, 7) is 0. The monoisotopic (exact) mass is 323 g/mol. The minimum absolute atomic E-state index is 0.0290. The molecule has 0 atom stereocenters. The van der Waals surface area contributed by atoms with Crippen LogP contribution in [0.4, 0.5) is 0 Å². The van der Waals surface area contributed by atoms with Crippen LogP contribution in [0.25, 0.3) is 11.0 Å². The van der Waals surface area contributed by atoms with Crippen LogP contribution in [0.1, 0.15) is 17.5 Å². The highest BCUT2D eigenvalue weighted by Gasteiger charge is 2.12. The molecule has 2 aromatic carbocycles. The standard InChI is InChI=1S/C18H17N3OS/c22-18(20-21-12-19-16-6-1-2-7-17(16)21)11-23-15-9-8-13-4-3-5-14(13)10-15/h1-2,6-10,12H,3-5,11H2,(H,20,22). The number of nitrogens with zero attached hydrogens (tertiary/aromatic N) is 2. The number of hydrogen-bond acceptors (Lipinski definition) is 3. The number of hydrogen-bond donors (Lipinski definition) is 1. The minimum atomic E-state index is -0.0290. The average Bonchev–Trinajstić information content (AvgIpc) is 3.20. The van der Waals surface area contributed by atoms with Gasteiger partial charge in [-0.2, -0.15) is 0 Å². The molecule has 0 bridgehead atoms. The first-order chi connectivity index (χ1) is 11.3. The molecule has 0 spiro atoms. The molecular weight excluding hydrogens is 306 g/mol. The van der Waals surface area contributed by atoms with Crippen LogP contribution in [-0.4, -0.2) is 21.3 Å². The second-order valence-electron chi connectivity index (χ2n) is 5.71. The molecule has 4 rings (SSSR count). The van der Waals surface area contributed by atoms with E-state index in [0.717, 1.165) is 22.3 Å². The molecule has 1 N–H and O–H groups in total. The van der Waals surface area contributed by atoms with Crippen LogP contribution in [0, 0.1) is 0 Å². The Morgan fingerprint density at radius 1 is 1.17 bits per heavy atom. The maximum absolute atomic E-state index is 12.2. The molecule has 5 heteroatoms. The van der Waals surface area contributed by atoms with Crippen molar-refractivity contribution in [1.29, 1.82) is 0 Å². The molecule has 1 aliphatic rings. The van der Waals surface area contributed by atoms with Crippen molar-refractivity contribution in [1.82, 2.24) is 9.66 Å². The minimum Gasteiger partial charge on any atom is -0.272 e. The van der Waals surface area contributed by atoms with Crippen LogP contribution >= 0.6 is 11.8 Å². The van der Waals surface area contributed by atoms with E-state index < -0.39 is 0 Å². The fourth-order valence-corrected chi connectivity index (χ4v) is 3.75. The molecule has 0 saturated carbocycles. The molecule has 116 valence electrons. The summed E-state index contributed by atoms with van der Waals surface area (Å²) in [4.78, 5) is 17.6. The molecule has 0 unspecified atom stereocenters. The number of carbonyl (C=O) groups excluding carboxylic acids is 1. The molecule has 0 aliphatic heterocycles. The number of para-hydroxylation sites is 2. The summed E-state index contributed by atoms with van der Waals surface area (Å²) in [5.74, 6) is 0.365. The van der Waals surface area contributed by atoms with E-state index >= 15 is 0 Å². The van der Waals surface area contributed by atoms with Crippen LogP contribution in [0.15, 0.2) is 53.7 Å². The number of imidazole rings is 1. The number of carbonyl (C=O) groups is 1. The maximum Gasteiger partial charge on any atom is 0.249 e. The molecule has 0 fully saturated rings. The summed E-state index contributed by atoms with van der Waals surface area (Å²) in [6.07, 6.45) is 5.24.